The van der Waals surface area contributed by atoms with Gasteiger partial charge in [-0.2, -0.15) is 0 Å². The van der Waals surface area contributed by atoms with Crippen molar-refractivity contribution < 1.29 is 17.9 Å². The average Bonchev–Trinajstić information content (AvgIpc) is 2.74. The predicted octanol–water partition coefficient (Wildman–Crippen LogP) is 6.43. The molecule has 0 aromatic heterocycles. The largest absolute Gasteiger partial charge is 0.488 e. The van der Waals surface area contributed by atoms with E-state index >= 15 is 0 Å². The molecule has 0 bridgehead atoms. The number of benzene rings is 2. The van der Waals surface area contributed by atoms with Crippen LogP contribution < -0.4 is 14.2 Å². The lowest BCUT2D eigenvalue weighted by Gasteiger charge is -2.29. The van der Waals surface area contributed by atoms with Gasteiger partial charge in [0, 0.05) is 12.6 Å². The summed E-state index contributed by atoms with van der Waals surface area (Å²) in [5.41, 5.74) is 1.62. The molecule has 184 valence electrons. The minimum Gasteiger partial charge on any atom is -0.488 e. The van der Waals surface area contributed by atoms with Crippen molar-refractivity contribution >= 4 is 10.0 Å². The summed E-state index contributed by atoms with van der Waals surface area (Å²) in [4.78, 5) is 0.302. The molecule has 0 radical (unpaired) electrons. The minimum atomic E-state index is -3.47. The van der Waals surface area contributed by atoms with E-state index in [4.69, 9.17) is 9.47 Å². The lowest BCUT2D eigenvalue weighted by atomic mass is 10.0. The highest BCUT2D eigenvalue weighted by Gasteiger charge is 2.21. The fourth-order valence-electron chi connectivity index (χ4n) is 3.11. The van der Waals surface area contributed by atoms with E-state index in [-0.39, 0.29) is 11.2 Å². The van der Waals surface area contributed by atoms with Crippen LogP contribution in [-0.4, -0.2) is 26.2 Å². The highest BCUT2D eigenvalue weighted by molar-refractivity contribution is 7.89. The first-order chi connectivity index (χ1) is 15.4. The van der Waals surface area contributed by atoms with Crippen LogP contribution in [0, 0.1) is 6.92 Å². The summed E-state index contributed by atoms with van der Waals surface area (Å²) in [6.45, 7) is 14.9. The Balaban J connectivity index is 2.01. The summed E-state index contributed by atoms with van der Waals surface area (Å²) < 4.78 is 40.1. The number of hydrogen-bond acceptors (Lipinski definition) is 4. The van der Waals surface area contributed by atoms with E-state index in [0.29, 0.717) is 11.4 Å². The molecule has 33 heavy (non-hydrogen) atoms. The average molecular weight is 476 g/mol. The predicted molar refractivity (Wildman–Crippen MR) is 136 cm³/mol. The molecular formula is C27H41NO4S. The fraction of sp³-hybridized carbons (Fsp3) is 0.556. The Hall–Kier alpha value is -2.05. The monoisotopic (exact) mass is 475 g/mol. The maximum atomic E-state index is 12.5. The third-order valence-corrected chi connectivity index (χ3v) is 7.50. The van der Waals surface area contributed by atoms with Gasteiger partial charge in [-0.05, 0) is 90.5 Å². The highest BCUT2D eigenvalue weighted by atomic mass is 32.2. The molecule has 1 N–H and O–H groups in total. The van der Waals surface area contributed by atoms with Crippen LogP contribution in [0.1, 0.15) is 78.4 Å². The zero-order valence-electron chi connectivity index (χ0n) is 21.3. The lowest BCUT2D eigenvalue weighted by Crippen LogP contribution is -2.28. The van der Waals surface area contributed by atoms with Gasteiger partial charge in [0.25, 0.3) is 0 Å². The van der Waals surface area contributed by atoms with Crippen molar-refractivity contribution in [3.05, 3.63) is 53.6 Å². The second-order valence-corrected chi connectivity index (χ2v) is 11.6. The zero-order valence-corrected chi connectivity index (χ0v) is 22.1. The minimum absolute atomic E-state index is 0.242. The molecule has 0 amide bonds. The smallest absolute Gasteiger partial charge is 0.240 e. The Morgan fingerprint density at radius 1 is 0.848 bits per heavy atom. The molecule has 0 saturated carbocycles. The molecule has 0 saturated heterocycles. The second kappa shape index (κ2) is 11.4. The van der Waals surface area contributed by atoms with Gasteiger partial charge in [0.2, 0.25) is 10.0 Å². The molecule has 0 aliphatic heterocycles. The van der Waals surface area contributed by atoms with E-state index in [1.807, 2.05) is 31.2 Å². The number of unbranched alkanes of at least 4 members (excludes halogenated alkanes) is 1. The first kappa shape index (κ1) is 27.2. The first-order valence-corrected chi connectivity index (χ1v) is 13.4. The summed E-state index contributed by atoms with van der Waals surface area (Å²) in [5.74, 6) is 1.64. The molecule has 0 unspecified atom stereocenters. The molecule has 2 aromatic carbocycles. The van der Waals surface area contributed by atoms with Crippen LogP contribution in [0.3, 0.4) is 0 Å². The molecule has 5 nitrogen and oxygen atoms in total. The van der Waals surface area contributed by atoms with E-state index < -0.39 is 10.0 Å². The van der Waals surface area contributed by atoms with Gasteiger partial charge in [0.15, 0.2) is 0 Å². The van der Waals surface area contributed by atoms with Gasteiger partial charge in [0.05, 0.1) is 4.90 Å². The van der Waals surface area contributed by atoms with Crippen LogP contribution in [0.2, 0.25) is 0 Å². The number of aryl methyl sites for hydroxylation is 2. The quantitative estimate of drug-likeness (QED) is 0.339. The van der Waals surface area contributed by atoms with Crippen molar-refractivity contribution in [2.75, 3.05) is 6.54 Å². The van der Waals surface area contributed by atoms with Crippen molar-refractivity contribution in [3.63, 3.8) is 0 Å². The molecular weight excluding hydrogens is 434 g/mol. The summed E-state index contributed by atoms with van der Waals surface area (Å²) in [6, 6.07) is 13.0. The molecule has 0 heterocycles. The van der Waals surface area contributed by atoms with E-state index in [2.05, 4.69) is 52.3 Å². The Bertz CT molecular complexity index is 995. The zero-order chi connectivity index (χ0) is 24.7. The Morgan fingerprint density at radius 3 is 2.06 bits per heavy atom. The third kappa shape index (κ3) is 8.67. The molecule has 0 atom stereocenters. The molecule has 0 fully saturated rings. The van der Waals surface area contributed by atoms with Crippen LogP contribution in [-0.2, 0) is 16.4 Å². The topological polar surface area (TPSA) is 64.6 Å². The van der Waals surface area contributed by atoms with Gasteiger partial charge in [-0.25, -0.2) is 13.1 Å². The van der Waals surface area contributed by atoms with Crippen LogP contribution in [0.25, 0.3) is 0 Å². The van der Waals surface area contributed by atoms with Gasteiger partial charge in [-0.1, -0.05) is 37.6 Å². The Kier molecular flexibility index (Phi) is 9.38. The Labute approximate surface area is 201 Å². The van der Waals surface area contributed by atoms with Gasteiger partial charge in [-0.3, -0.25) is 0 Å². The number of ether oxygens (including phenoxy) is 2. The standard InChI is InChI=1S/C27H41NO4S/c1-8-26(4,5)31-23-16-15-22(25(20-23)32-27(6,7)9-2)12-10-11-19-28-33(29,30)24-17-13-21(3)14-18-24/h13-18,20,28H,8-12,19H2,1-7H3. The van der Waals surface area contributed by atoms with Crippen LogP contribution in [0.4, 0.5) is 0 Å². The summed E-state index contributed by atoms with van der Waals surface area (Å²) >= 11 is 0. The third-order valence-electron chi connectivity index (χ3n) is 6.02. The number of sulfonamides is 1. The van der Waals surface area contributed by atoms with E-state index in [1.165, 1.54) is 0 Å². The second-order valence-electron chi connectivity index (χ2n) is 9.87. The van der Waals surface area contributed by atoms with Crippen molar-refractivity contribution in [2.45, 2.75) is 96.7 Å². The van der Waals surface area contributed by atoms with Crippen LogP contribution >= 0.6 is 0 Å². The van der Waals surface area contributed by atoms with E-state index in [0.717, 1.165) is 54.7 Å². The van der Waals surface area contributed by atoms with Gasteiger partial charge in [-0.15, -0.1) is 0 Å². The van der Waals surface area contributed by atoms with Gasteiger partial charge >= 0.3 is 0 Å². The normalized spacial score (nSPS) is 12.6. The van der Waals surface area contributed by atoms with Gasteiger partial charge < -0.3 is 9.47 Å². The highest BCUT2D eigenvalue weighted by Crippen LogP contribution is 2.32. The molecule has 2 rings (SSSR count). The van der Waals surface area contributed by atoms with Gasteiger partial charge in [0.1, 0.15) is 22.7 Å². The van der Waals surface area contributed by atoms with Crippen molar-refractivity contribution in [1.82, 2.24) is 4.72 Å². The van der Waals surface area contributed by atoms with Crippen molar-refractivity contribution in [3.8, 4) is 11.5 Å². The molecule has 6 heteroatoms. The number of hydrogen-bond donors (Lipinski definition) is 1. The van der Waals surface area contributed by atoms with Crippen LogP contribution in [0.5, 0.6) is 11.5 Å². The number of nitrogens with one attached hydrogen (secondary N) is 1. The molecule has 2 aromatic rings. The maximum Gasteiger partial charge on any atom is 0.240 e. The SMILES string of the molecule is CCC(C)(C)Oc1ccc(CCCCNS(=O)(=O)c2ccc(C)cc2)c(OC(C)(C)CC)c1. The molecule has 0 aliphatic rings. The Morgan fingerprint density at radius 2 is 1.45 bits per heavy atom. The van der Waals surface area contributed by atoms with Crippen molar-refractivity contribution in [2.24, 2.45) is 0 Å². The summed E-state index contributed by atoms with van der Waals surface area (Å²) in [7, 11) is -3.47. The fourth-order valence-corrected chi connectivity index (χ4v) is 4.18. The maximum absolute atomic E-state index is 12.5. The van der Waals surface area contributed by atoms with Crippen molar-refractivity contribution in [1.29, 1.82) is 0 Å². The lowest BCUT2D eigenvalue weighted by molar-refractivity contribution is 0.0952. The summed E-state index contributed by atoms with van der Waals surface area (Å²) in [5, 5.41) is 0. The molecule has 0 spiro atoms. The summed E-state index contributed by atoms with van der Waals surface area (Å²) in [6.07, 6.45) is 4.18. The number of rotatable bonds is 13. The molecule has 0 aliphatic carbocycles. The van der Waals surface area contributed by atoms with E-state index in [9.17, 15) is 8.42 Å². The van der Waals surface area contributed by atoms with E-state index in [1.54, 1.807) is 12.1 Å². The first-order valence-electron chi connectivity index (χ1n) is 11.9. The van der Waals surface area contributed by atoms with Crippen LogP contribution in [0.15, 0.2) is 47.4 Å².